The minimum atomic E-state index is -0.424. The lowest BCUT2D eigenvalue weighted by Crippen LogP contribution is -2.13. The molecule has 15 heavy (non-hydrogen) atoms. The summed E-state index contributed by atoms with van der Waals surface area (Å²) >= 11 is 0. The summed E-state index contributed by atoms with van der Waals surface area (Å²) in [5.41, 5.74) is 0.386. The molecule has 0 bridgehead atoms. The lowest BCUT2D eigenvalue weighted by molar-refractivity contribution is -0.120. The highest BCUT2D eigenvalue weighted by atomic mass is 16.5. The molecule has 1 fully saturated rings. The van der Waals surface area contributed by atoms with Crippen LogP contribution in [0.15, 0.2) is 12.4 Å². The number of hydrogen-bond donors (Lipinski definition) is 0. The lowest BCUT2D eigenvalue weighted by atomic mass is 10.2. The third-order valence-corrected chi connectivity index (χ3v) is 2.61. The Morgan fingerprint density at radius 2 is 2.47 bits per heavy atom. The number of carbonyl (C=O) groups is 2. The van der Waals surface area contributed by atoms with Crippen molar-refractivity contribution < 1.29 is 14.3 Å². The smallest absolute Gasteiger partial charge is 0.341 e. The summed E-state index contributed by atoms with van der Waals surface area (Å²) in [6, 6.07) is -0.191. The van der Waals surface area contributed by atoms with Gasteiger partial charge in [-0.15, -0.1) is 0 Å². The topological polar surface area (TPSA) is 61.2 Å². The summed E-state index contributed by atoms with van der Waals surface area (Å²) < 4.78 is 6.12. The SMILES string of the molecule is COC(=O)c1cnn([C@@H]2CCCC2=O)c1. The lowest BCUT2D eigenvalue weighted by Gasteiger charge is -2.06. The van der Waals surface area contributed by atoms with Crippen molar-refractivity contribution in [3.05, 3.63) is 18.0 Å². The number of ketones is 1. The Labute approximate surface area is 87.0 Å². The molecule has 1 aliphatic rings. The standard InChI is InChI=1S/C10H12N2O3/c1-15-10(14)7-5-11-12(6-7)8-3-2-4-9(8)13/h5-6,8H,2-4H2,1H3/t8-/m1/s1. The van der Waals surface area contributed by atoms with Gasteiger partial charge < -0.3 is 4.74 Å². The van der Waals surface area contributed by atoms with Crippen LogP contribution in [0.5, 0.6) is 0 Å². The molecular weight excluding hydrogens is 196 g/mol. The monoisotopic (exact) mass is 208 g/mol. The van der Waals surface area contributed by atoms with E-state index in [0.29, 0.717) is 12.0 Å². The Balaban J connectivity index is 2.19. The average molecular weight is 208 g/mol. The van der Waals surface area contributed by atoms with Crippen LogP contribution in [-0.4, -0.2) is 28.6 Å². The summed E-state index contributed by atoms with van der Waals surface area (Å²) in [6.45, 7) is 0. The minimum absolute atomic E-state index is 0.189. The van der Waals surface area contributed by atoms with E-state index < -0.39 is 5.97 Å². The molecule has 5 heteroatoms. The number of rotatable bonds is 2. The van der Waals surface area contributed by atoms with Gasteiger partial charge in [-0.1, -0.05) is 0 Å². The van der Waals surface area contributed by atoms with Gasteiger partial charge in [-0.2, -0.15) is 5.10 Å². The fourth-order valence-electron chi connectivity index (χ4n) is 1.81. The van der Waals surface area contributed by atoms with Gasteiger partial charge in [-0.25, -0.2) is 4.79 Å². The second kappa shape index (κ2) is 3.84. The molecule has 0 amide bonds. The van der Waals surface area contributed by atoms with Gasteiger partial charge in [-0.05, 0) is 12.8 Å². The molecule has 0 radical (unpaired) electrons. The quantitative estimate of drug-likeness (QED) is 0.679. The fraction of sp³-hybridized carbons (Fsp3) is 0.500. The first-order chi connectivity index (χ1) is 7.22. The largest absolute Gasteiger partial charge is 0.465 e. The van der Waals surface area contributed by atoms with Crippen LogP contribution in [0.3, 0.4) is 0 Å². The molecule has 1 aromatic rings. The van der Waals surface area contributed by atoms with Crippen molar-refractivity contribution >= 4 is 11.8 Å². The molecule has 0 unspecified atom stereocenters. The predicted octanol–water partition coefficient (Wildman–Crippen LogP) is 0.964. The third kappa shape index (κ3) is 1.77. The second-order valence-electron chi connectivity index (χ2n) is 3.57. The zero-order chi connectivity index (χ0) is 10.8. The zero-order valence-corrected chi connectivity index (χ0v) is 8.47. The van der Waals surface area contributed by atoms with Gasteiger partial charge in [-0.3, -0.25) is 9.48 Å². The average Bonchev–Trinajstić information content (AvgIpc) is 2.84. The first-order valence-corrected chi connectivity index (χ1v) is 4.87. The maximum Gasteiger partial charge on any atom is 0.341 e. The number of aromatic nitrogens is 2. The van der Waals surface area contributed by atoms with E-state index in [0.717, 1.165) is 12.8 Å². The van der Waals surface area contributed by atoms with E-state index >= 15 is 0 Å². The van der Waals surface area contributed by atoms with Crippen molar-refractivity contribution in [2.45, 2.75) is 25.3 Å². The van der Waals surface area contributed by atoms with Gasteiger partial charge in [0.15, 0.2) is 5.78 Å². The first kappa shape index (κ1) is 9.89. The van der Waals surface area contributed by atoms with E-state index in [1.54, 1.807) is 10.9 Å². The Morgan fingerprint density at radius 1 is 1.67 bits per heavy atom. The molecule has 80 valence electrons. The van der Waals surface area contributed by atoms with Gasteiger partial charge >= 0.3 is 5.97 Å². The summed E-state index contributed by atoms with van der Waals surface area (Å²) in [4.78, 5) is 22.6. The molecule has 1 heterocycles. The Bertz CT molecular complexity index is 397. The van der Waals surface area contributed by atoms with Gasteiger partial charge in [0.25, 0.3) is 0 Å². The molecule has 2 rings (SSSR count). The van der Waals surface area contributed by atoms with E-state index in [1.807, 2.05) is 0 Å². The third-order valence-electron chi connectivity index (χ3n) is 2.61. The van der Waals surface area contributed by atoms with Crippen LogP contribution >= 0.6 is 0 Å². The number of hydrogen-bond acceptors (Lipinski definition) is 4. The van der Waals surface area contributed by atoms with Crippen LogP contribution in [0.4, 0.5) is 0 Å². The molecule has 1 aliphatic carbocycles. The van der Waals surface area contributed by atoms with E-state index in [-0.39, 0.29) is 11.8 Å². The van der Waals surface area contributed by atoms with Crippen LogP contribution in [0.2, 0.25) is 0 Å². The summed E-state index contributed by atoms with van der Waals surface area (Å²) in [6.07, 6.45) is 5.31. The Kier molecular flexibility index (Phi) is 2.53. The molecular formula is C10H12N2O3. The molecule has 0 aliphatic heterocycles. The predicted molar refractivity (Wildman–Crippen MR) is 51.5 cm³/mol. The number of carbonyl (C=O) groups excluding carboxylic acids is 2. The normalized spacial score (nSPS) is 20.6. The molecule has 0 aromatic carbocycles. The van der Waals surface area contributed by atoms with Gasteiger partial charge in [0.2, 0.25) is 0 Å². The van der Waals surface area contributed by atoms with Crippen LogP contribution in [-0.2, 0) is 9.53 Å². The zero-order valence-electron chi connectivity index (χ0n) is 8.47. The number of nitrogens with zero attached hydrogens (tertiary/aromatic N) is 2. The molecule has 0 N–H and O–H groups in total. The molecule has 0 spiro atoms. The number of Topliss-reactive ketones (excluding diaryl/α,β-unsaturated/α-hetero) is 1. The van der Waals surface area contributed by atoms with Gasteiger partial charge in [0.1, 0.15) is 6.04 Å². The van der Waals surface area contributed by atoms with Crippen molar-refractivity contribution in [1.82, 2.24) is 9.78 Å². The number of methoxy groups -OCH3 is 1. The summed E-state index contributed by atoms with van der Waals surface area (Å²) in [5, 5.41) is 4.01. The molecule has 1 atom stereocenters. The molecule has 5 nitrogen and oxygen atoms in total. The van der Waals surface area contributed by atoms with Crippen molar-refractivity contribution in [3.8, 4) is 0 Å². The fourth-order valence-corrected chi connectivity index (χ4v) is 1.81. The van der Waals surface area contributed by atoms with Crippen molar-refractivity contribution in [2.24, 2.45) is 0 Å². The van der Waals surface area contributed by atoms with Crippen molar-refractivity contribution in [2.75, 3.05) is 7.11 Å². The molecule has 1 aromatic heterocycles. The first-order valence-electron chi connectivity index (χ1n) is 4.87. The summed E-state index contributed by atoms with van der Waals surface area (Å²) in [5.74, 6) is -0.235. The highest BCUT2D eigenvalue weighted by Crippen LogP contribution is 2.25. The Morgan fingerprint density at radius 3 is 3.07 bits per heavy atom. The van der Waals surface area contributed by atoms with E-state index in [9.17, 15) is 9.59 Å². The van der Waals surface area contributed by atoms with E-state index in [4.69, 9.17) is 0 Å². The van der Waals surface area contributed by atoms with Gasteiger partial charge in [0, 0.05) is 12.6 Å². The Hall–Kier alpha value is -1.65. The maximum atomic E-state index is 11.4. The van der Waals surface area contributed by atoms with Crippen LogP contribution in [0.25, 0.3) is 0 Å². The molecule has 1 saturated carbocycles. The van der Waals surface area contributed by atoms with E-state index in [2.05, 4.69) is 9.84 Å². The van der Waals surface area contributed by atoms with Crippen molar-refractivity contribution in [3.63, 3.8) is 0 Å². The van der Waals surface area contributed by atoms with Crippen molar-refractivity contribution in [1.29, 1.82) is 0 Å². The molecule has 0 saturated heterocycles. The minimum Gasteiger partial charge on any atom is -0.465 e. The summed E-state index contributed by atoms with van der Waals surface area (Å²) in [7, 11) is 1.32. The second-order valence-corrected chi connectivity index (χ2v) is 3.57. The van der Waals surface area contributed by atoms with E-state index in [1.165, 1.54) is 13.3 Å². The van der Waals surface area contributed by atoms with Crippen LogP contribution in [0.1, 0.15) is 35.7 Å². The van der Waals surface area contributed by atoms with Gasteiger partial charge in [0.05, 0.1) is 18.9 Å². The maximum absolute atomic E-state index is 11.4. The van der Waals surface area contributed by atoms with Crippen LogP contribution < -0.4 is 0 Å². The highest BCUT2D eigenvalue weighted by Gasteiger charge is 2.27. The highest BCUT2D eigenvalue weighted by molar-refractivity contribution is 5.89. The van der Waals surface area contributed by atoms with Crippen LogP contribution in [0, 0.1) is 0 Å². The number of ether oxygens (including phenoxy) is 1. The number of esters is 1.